The SMILES string of the molecule is O=Cc1coc2cccc(OCc3ccccc3)c2c1=O. The highest BCUT2D eigenvalue weighted by Gasteiger charge is 2.11. The van der Waals surface area contributed by atoms with Crippen molar-refractivity contribution in [3.63, 3.8) is 0 Å². The lowest BCUT2D eigenvalue weighted by Crippen LogP contribution is -2.09. The lowest BCUT2D eigenvalue weighted by atomic mass is 10.1. The predicted octanol–water partition coefficient (Wildman–Crippen LogP) is 3.18. The predicted molar refractivity (Wildman–Crippen MR) is 78.6 cm³/mol. The van der Waals surface area contributed by atoms with Gasteiger partial charge in [-0.3, -0.25) is 9.59 Å². The van der Waals surface area contributed by atoms with Crippen LogP contribution in [0.2, 0.25) is 0 Å². The summed E-state index contributed by atoms with van der Waals surface area (Å²) in [6.45, 7) is 0.338. The van der Waals surface area contributed by atoms with E-state index >= 15 is 0 Å². The maximum atomic E-state index is 12.2. The monoisotopic (exact) mass is 280 g/mol. The zero-order valence-electron chi connectivity index (χ0n) is 11.1. The molecule has 4 heteroatoms. The molecule has 0 bridgehead atoms. The molecular formula is C17H12O4. The van der Waals surface area contributed by atoms with E-state index in [2.05, 4.69) is 0 Å². The third-order valence-corrected chi connectivity index (χ3v) is 3.15. The van der Waals surface area contributed by atoms with Crippen molar-refractivity contribution in [1.29, 1.82) is 0 Å². The van der Waals surface area contributed by atoms with Crippen LogP contribution < -0.4 is 10.2 Å². The van der Waals surface area contributed by atoms with Crippen LogP contribution in [0.15, 0.2) is 64.0 Å². The van der Waals surface area contributed by atoms with Crippen molar-refractivity contribution in [3.8, 4) is 5.75 Å². The van der Waals surface area contributed by atoms with Gasteiger partial charge in [0.05, 0.1) is 5.56 Å². The molecule has 0 aliphatic carbocycles. The summed E-state index contributed by atoms with van der Waals surface area (Å²) in [7, 11) is 0. The van der Waals surface area contributed by atoms with Crippen molar-refractivity contribution in [2.45, 2.75) is 6.61 Å². The zero-order valence-corrected chi connectivity index (χ0v) is 11.1. The van der Waals surface area contributed by atoms with E-state index in [4.69, 9.17) is 9.15 Å². The van der Waals surface area contributed by atoms with E-state index in [0.29, 0.717) is 24.2 Å². The standard InChI is InChI=1S/C17H12O4/c18-9-13-11-21-15-8-4-7-14(16(15)17(13)19)20-10-12-5-2-1-3-6-12/h1-9,11H,10H2. The summed E-state index contributed by atoms with van der Waals surface area (Å²) in [6.07, 6.45) is 1.65. The highest BCUT2D eigenvalue weighted by molar-refractivity contribution is 5.88. The maximum absolute atomic E-state index is 12.2. The summed E-state index contributed by atoms with van der Waals surface area (Å²) in [5.74, 6) is 0.411. The molecule has 21 heavy (non-hydrogen) atoms. The molecule has 0 fully saturated rings. The Kier molecular flexibility index (Phi) is 3.51. The number of hydrogen-bond acceptors (Lipinski definition) is 4. The molecule has 4 nitrogen and oxygen atoms in total. The highest BCUT2D eigenvalue weighted by atomic mass is 16.5. The average molecular weight is 280 g/mol. The summed E-state index contributed by atoms with van der Waals surface area (Å²) in [6, 6.07) is 14.7. The van der Waals surface area contributed by atoms with Crippen molar-refractivity contribution >= 4 is 17.3 Å². The molecule has 0 N–H and O–H groups in total. The number of rotatable bonds is 4. The van der Waals surface area contributed by atoms with Gasteiger partial charge in [-0.1, -0.05) is 36.4 Å². The van der Waals surface area contributed by atoms with E-state index in [1.165, 1.54) is 6.26 Å². The van der Waals surface area contributed by atoms with Crippen molar-refractivity contribution < 1.29 is 13.9 Å². The van der Waals surface area contributed by atoms with Crippen LogP contribution in [-0.4, -0.2) is 6.29 Å². The molecular weight excluding hydrogens is 268 g/mol. The van der Waals surface area contributed by atoms with Crippen LogP contribution in [0.3, 0.4) is 0 Å². The molecule has 0 radical (unpaired) electrons. The van der Waals surface area contributed by atoms with E-state index in [1.807, 2.05) is 30.3 Å². The van der Waals surface area contributed by atoms with Gasteiger partial charge in [-0.15, -0.1) is 0 Å². The maximum Gasteiger partial charge on any atom is 0.206 e. The van der Waals surface area contributed by atoms with Gasteiger partial charge in [0, 0.05) is 0 Å². The van der Waals surface area contributed by atoms with Crippen LogP contribution in [0.1, 0.15) is 15.9 Å². The molecule has 1 heterocycles. The fourth-order valence-corrected chi connectivity index (χ4v) is 2.09. The summed E-state index contributed by atoms with van der Waals surface area (Å²) in [4.78, 5) is 23.1. The lowest BCUT2D eigenvalue weighted by Gasteiger charge is -2.08. The molecule has 3 rings (SSSR count). The molecule has 0 saturated heterocycles. The molecule has 2 aromatic carbocycles. The van der Waals surface area contributed by atoms with Crippen LogP contribution in [-0.2, 0) is 6.61 Å². The second-order valence-corrected chi connectivity index (χ2v) is 4.54. The minimum atomic E-state index is -0.380. The summed E-state index contributed by atoms with van der Waals surface area (Å²) >= 11 is 0. The number of aldehydes is 1. The van der Waals surface area contributed by atoms with Crippen molar-refractivity contribution in [3.05, 3.63) is 76.1 Å². The Balaban J connectivity index is 2.02. The van der Waals surface area contributed by atoms with E-state index in [9.17, 15) is 9.59 Å². The molecule has 0 aliphatic heterocycles. The Morgan fingerprint density at radius 2 is 1.86 bits per heavy atom. The minimum absolute atomic E-state index is 0.0155. The van der Waals surface area contributed by atoms with E-state index in [-0.39, 0.29) is 16.4 Å². The normalized spacial score (nSPS) is 10.5. The first-order valence-corrected chi connectivity index (χ1v) is 6.46. The largest absolute Gasteiger partial charge is 0.488 e. The van der Waals surface area contributed by atoms with Crippen LogP contribution in [0.4, 0.5) is 0 Å². The van der Waals surface area contributed by atoms with Crippen LogP contribution in [0.5, 0.6) is 5.75 Å². The second-order valence-electron chi connectivity index (χ2n) is 4.54. The minimum Gasteiger partial charge on any atom is -0.488 e. The highest BCUT2D eigenvalue weighted by Crippen LogP contribution is 2.23. The van der Waals surface area contributed by atoms with Gasteiger partial charge in [0.1, 0.15) is 29.6 Å². The Morgan fingerprint density at radius 1 is 1.05 bits per heavy atom. The van der Waals surface area contributed by atoms with Crippen LogP contribution in [0.25, 0.3) is 11.0 Å². The van der Waals surface area contributed by atoms with Gasteiger partial charge in [0.15, 0.2) is 6.29 Å². The molecule has 0 atom stereocenters. The molecule has 1 aromatic heterocycles. The van der Waals surface area contributed by atoms with Crippen molar-refractivity contribution in [2.75, 3.05) is 0 Å². The smallest absolute Gasteiger partial charge is 0.206 e. The number of hydrogen-bond donors (Lipinski definition) is 0. The fraction of sp³-hybridized carbons (Fsp3) is 0.0588. The average Bonchev–Trinajstić information content (AvgIpc) is 2.54. The molecule has 104 valence electrons. The van der Waals surface area contributed by atoms with Gasteiger partial charge in [0.2, 0.25) is 5.43 Å². The van der Waals surface area contributed by atoms with E-state index in [0.717, 1.165) is 5.56 Å². The molecule has 0 aliphatic rings. The summed E-state index contributed by atoms with van der Waals surface area (Å²) in [5.41, 5.74) is 0.995. The van der Waals surface area contributed by atoms with Crippen LogP contribution >= 0.6 is 0 Å². The van der Waals surface area contributed by atoms with Gasteiger partial charge in [-0.05, 0) is 17.7 Å². The molecule has 0 spiro atoms. The lowest BCUT2D eigenvalue weighted by molar-refractivity contribution is 0.112. The van der Waals surface area contributed by atoms with Gasteiger partial charge < -0.3 is 9.15 Å². The number of carbonyl (C=O) groups excluding carboxylic acids is 1. The van der Waals surface area contributed by atoms with Gasteiger partial charge >= 0.3 is 0 Å². The van der Waals surface area contributed by atoms with E-state index in [1.54, 1.807) is 18.2 Å². The Bertz CT molecular complexity index is 834. The van der Waals surface area contributed by atoms with E-state index < -0.39 is 0 Å². The molecule has 0 amide bonds. The topological polar surface area (TPSA) is 56.5 Å². The van der Waals surface area contributed by atoms with Gasteiger partial charge in [0.25, 0.3) is 0 Å². The Hall–Kier alpha value is -2.88. The Morgan fingerprint density at radius 3 is 2.62 bits per heavy atom. The Labute approximate surface area is 120 Å². The summed E-state index contributed by atoms with van der Waals surface area (Å²) < 4.78 is 11.0. The number of carbonyl (C=O) groups is 1. The molecule has 0 unspecified atom stereocenters. The first-order valence-electron chi connectivity index (χ1n) is 6.46. The van der Waals surface area contributed by atoms with Crippen molar-refractivity contribution in [1.82, 2.24) is 0 Å². The number of benzene rings is 2. The zero-order chi connectivity index (χ0) is 14.7. The first kappa shape index (κ1) is 13.1. The van der Waals surface area contributed by atoms with Crippen molar-refractivity contribution in [2.24, 2.45) is 0 Å². The van der Waals surface area contributed by atoms with Gasteiger partial charge in [-0.25, -0.2) is 0 Å². The quantitative estimate of drug-likeness (QED) is 0.689. The summed E-state index contributed by atoms with van der Waals surface area (Å²) in [5, 5.41) is 0.290. The second kappa shape index (κ2) is 5.63. The third-order valence-electron chi connectivity index (χ3n) is 3.15. The van der Waals surface area contributed by atoms with Gasteiger partial charge in [-0.2, -0.15) is 0 Å². The number of fused-ring (bicyclic) bond motifs is 1. The fourth-order valence-electron chi connectivity index (χ4n) is 2.09. The third kappa shape index (κ3) is 2.56. The molecule has 0 saturated carbocycles. The molecule has 3 aromatic rings. The number of ether oxygens (including phenoxy) is 1. The first-order chi connectivity index (χ1) is 10.3. The van der Waals surface area contributed by atoms with Crippen LogP contribution in [0, 0.1) is 0 Å².